The predicted octanol–water partition coefficient (Wildman–Crippen LogP) is 3.27. The molecule has 1 aliphatic rings. The fourth-order valence-electron chi connectivity index (χ4n) is 3.14. The molecule has 3 N–H and O–H groups in total. The first-order valence-electron chi connectivity index (χ1n) is 8.27. The van der Waals surface area contributed by atoms with Crippen molar-refractivity contribution in [2.45, 2.75) is 18.4 Å². The summed E-state index contributed by atoms with van der Waals surface area (Å²) in [7, 11) is 1.91. The van der Waals surface area contributed by atoms with Crippen molar-refractivity contribution in [1.82, 2.24) is 20.3 Å². The second-order valence-electron chi connectivity index (χ2n) is 5.98. The van der Waals surface area contributed by atoms with Crippen LogP contribution < -0.4 is 11.1 Å². The van der Waals surface area contributed by atoms with Crippen LogP contribution in [0.4, 0.5) is 5.95 Å². The third kappa shape index (κ3) is 3.23. The van der Waals surface area contributed by atoms with Crippen LogP contribution in [0.25, 0.3) is 22.2 Å². The number of anilines is 1. The van der Waals surface area contributed by atoms with Gasteiger partial charge in [-0.1, -0.05) is 41.6 Å². The molecule has 2 heterocycles. The number of rotatable bonds is 5. The smallest absolute Gasteiger partial charge is 0.224 e. The SMILES string of the molecule is CNCCSc1nc(N)nc(-c2c(Cl)cc3c4c(cccc24)COC3)n1. The molecule has 6 nitrogen and oxygen atoms in total. The molecule has 8 heteroatoms. The van der Waals surface area contributed by atoms with Gasteiger partial charge in [0.15, 0.2) is 11.0 Å². The molecule has 26 heavy (non-hydrogen) atoms. The van der Waals surface area contributed by atoms with Crippen LogP contribution in [0.15, 0.2) is 29.4 Å². The normalized spacial score (nSPS) is 13.3. The van der Waals surface area contributed by atoms with E-state index >= 15 is 0 Å². The molecular weight excluding hydrogens is 370 g/mol. The van der Waals surface area contributed by atoms with Gasteiger partial charge in [-0.2, -0.15) is 9.97 Å². The van der Waals surface area contributed by atoms with Crippen LogP contribution in [0.3, 0.4) is 0 Å². The van der Waals surface area contributed by atoms with Gasteiger partial charge >= 0.3 is 0 Å². The van der Waals surface area contributed by atoms with E-state index in [2.05, 4.69) is 26.3 Å². The van der Waals surface area contributed by atoms with Gasteiger partial charge in [0, 0.05) is 17.9 Å². The Morgan fingerprint density at radius 2 is 2.08 bits per heavy atom. The molecule has 0 bridgehead atoms. The second-order valence-corrected chi connectivity index (χ2v) is 7.45. The van der Waals surface area contributed by atoms with Gasteiger partial charge in [0.2, 0.25) is 5.95 Å². The molecule has 0 radical (unpaired) electrons. The summed E-state index contributed by atoms with van der Waals surface area (Å²) in [6.45, 7) is 2.00. The molecular formula is C18H18ClN5OS. The van der Waals surface area contributed by atoms with Gasteiger partial charge in [0.1, 0.15) is 0 Å². The molecule has 0 atom stereocenters. The highest BCUT2D eigenvalue weighted by molar-refractivity contribution is 7.99. The van der Waals surface area contributed by atoms with Crippen LogP contribution in [-0.2, 0) is 18.0 Å². The number of benzene rings is 2. The molecule has 2 aromatic carbocycles. The zero-order chi connectivity index (χ0) is 18.1. The van der Waals surface area contributed by atoms with Crippen molar-refractivity contribution < 1.29 is 4.74 Å². The summed E-state index contributed by atoms with van der Waals surface area (Å²) in [5.41, 5.74) is 8.96. The van der Waals surface area contributed by atoms with E-state index in [1.165, 1.54) is 17.1 Å². The number of thioether (sulfide) groups is 1. The minimum absolute atomic E-state index is 0.196. The Bertz CT molecular complexity index is 981. The number of nitrogens with two attached hydrogens (primary N) is 1. The van der Waals surface area contributed by atoms with Crippen molar-refractivity contribution in [3.8, 4) is 11.4 Å². The Morgan fingerprint density at radius 1 is 1.23 bits per heavy atom. The topological polar surface area (TPSA) is 86.0 Å². The summed E-state index contributed by atoms with van der Waals surface area (Å²) < 4.78 is 5.65. The number of ether oxygens (including phenoxy) is 1. The van der Waals surface area contributed by atoms with E-state index in [4.69, 9.17) is 22.1 Å². The molecule has 134 valence electrons. The molecule has 0 saturated heterocycles. The third-order valence-electron chi connectivity index (χ3n) is 4.24. The number of hydrogen-bond acceptors (Lipinski definition) is 7. The summed E-state index contributed by atoms with van der Waals surface area (Å²) >= 11 is 8.15. The van der Waals surface area contributed by atoms with Crippen LogP contribution in [0.1, 0.15) is 11.1 Å². The van der Waals surface area contributed by atoms with Crippen molar-refractivity contribution in [2.24, 2.45) is 0 Å². The zero-order valence-corrected chi connectivity index (χ0v) is 15.8. The van der Waals surface area contributed by atoms with Gasteiger partial charge in [-0.25, -0.2) is 4.98 Å². The minimum Gasteiger partial charge on any atom is -0.372 e. The van der Waals surface area contributed by atoms with E-state index in [-0.39, 0.29) is 5.95 Å². The van der Waals surface area contributed by atoms with Crippen LogP contribution in [0.2, 0.25) is 5.02 Å². The largest absolute Gasteiger partial charge is 0.372 e. The highest BCUT2D eigenvalue weighted by Gasteiger charge is 2.20. The Balaban J connectivity index is 1.87. The molecule has 1 aliphatic heterocycles. The van der Waals surface area contributed by atoms with Gasteiger partial charge in [-0.05, 0) is 35.0 Å². The van der Waals surface area contributed by atoms with E-state index in [9.17, 15) is 0 Å². The maximum Gasteiger partial charge on any atom is 0.224 e. The Labute approximate surface area is 160 Å². The lowest BCUT2D eigenvalue weighted by atomic mass is 9.94. The quantitative estimate of drug-likeness (QED) is 0.513. The Hall–Kier alpha value is -1.93. The molecule has 0 spiro atoms. The maximum atomic E-state index is 6.62. The molecule has 0 aliphatic carbocycles. The monoisotopic (exact) mass is 387 g/mol. The average molecular weight is 388 g/mol. The number of nitrogens with one attached hydrogen (secondary N) is 1. The molecule has 0 fully saturated rings. The fraction of sp³-hybridized carbons (Fsp3) is 0.278. The second kappa shape index (κ2) is 7.36. The summed E-state index contributed by atoms with van der Waals surface area (Å²) in [4.78, 5) is 13.2. The molecule has 3 aromatic rings. The molecule has 1 aromatic heterocycles. The van der Waals surface area contributed by atoms with Crippen molar-refractivity contribution >= 4 is 40.1 Å². The van der Waals surface area contributed by atoms with Gasteiger partial charge in [0.05, 0.1) is 18.2 Å². The zero-order valence-electron chi connectivity index (χ0n) is 14.3. The Kier molecular flexibility index (Phi) is 4.95. The van der Waals surface area contributed by atoms with E-state index in [0.717, 1.165) is 34.4 Å². The third-order valence-corrected chi connectivity index (χ3v) is 5.38. The fourth-order valence-corrected chi connectivity index (χ4v) is 4.25. The van der Waals surface area contributed by atoms with Gasteiger partial charge in [-0.3, -0.25) is 0 Å². The maximum absolute atomic E-state index is 6.62. The van der Waals surface area contributed by atoms with Crippen molar-refractivity contribution in [3.63, 3.8) is 0 Å². The molecule has 0 amide bonds. The van der Waals surface area contributed by atoms with E-state index in [1.54, 1.807) is 0 Å². The van der Waals surface area contributed by atoms with Crippen LogP contribution in [-0.4, -0.2) is 34.3 Å². The lowest BCUT2D eigenvalue weighted by Gasteiger charge is -2.20. The van der Waals surface area contributed by atoms with Gasteiger partial charge in [0.25, 0.3) is 0 Å². The number of halogens is 1. The predicted molar refractivity (Wildman–Crippen MR) is 105 cm³/mol. The van der Waals surface area contributed by atoms with Crippen molar-refractivity contribution in [2.75, 3.05) is 25.1 Å². The summed E-state index contributed by atoms with van der Waals surface area (Å²) in [6, 6.07) is 8.06. The lowest BCUT2D eigenvalue weighted by Crippen LogP contribution is -2.10. The van der Waals surface area contributed by atoms with Gasteiger partial charge in [-0.15, -0.1) is 0 Å². The van der Waals surface area contributed by atoms with Crippen molar-refractivity contribution in [3.05, 3.63) is 40.4 Å². The van der Waals surface area contributed by atoms with E-state index < -0.39 is 0 Å². The van der Waals surface area contributed by atoms with E-state index in [1.807, 2.05) is 25.2 Å². The molecule has 0 unspecified atom stereocenters. The number of nitrogens with zero attached hydrogens (tertiary/aromatic N) is 3. The number of aromatic nitrogens is 3. The highest BCUT2D eigenvalue weighted by Crippen LogP contribution is 2.39. The van der Waals surface area contributed by atoms with Gasteiger partial charge < -0.3 is 15.8 Å². The summed E-state index contributed by atoms with van der Waals surface area (Å²) in [5, 5.41) is 6.48. The first-order valence-corrected chi connectivity index (χ1v) is 9.64. The highest BCUT2D eigenvalue weighted by atomic mass is 35.5. The summed E-state index contributed by atoms with van der Waals surface area (Å²) in [5.74, 6) is 1.54. The standard InChI is InChI=1S/C18H18ClN5OS/c1-21-5-6-26-18-23-16(22-17(20)24-18)15-12-4-2-3-10-8-25-9-11(14(10)12)7-13(15)19/h2-4,7,21H,5-6,8-9H2,1H3,(H2,20,22,23,24). The van der Waals surface area contributed by atoms with Crippen molar-refractivity contribution in [1.29, 1.82) is 0 Å². The average Bonchev–Trinajstić information content (AvgIpc) is 2.62. The minimum atomic E-state index is 0.196. The van der Waals surface area contributed by atoms with Crippen LogP contribution in [0.5, 0.6) is 0 Å². The Morgan fingerprint density at radius 3 is 2.92 bits per heavy atom. The first-order chi connectivity index (χ1) is 12.7. The van der Waals surface area contributed by atoms with E-state index in [0.29, 0.717) is 29.2 Å². The van der Waals surface area contributed by atoms with Crippen LogP contribution in [0, 0.1) is 0 Å². The number of hydrogen-bond donors (Lipinski definition) is 2. The molecule has 4 rings (SSSR count). The first kappa shape index (κ1) is 17.5. The molecule has 0 saturated carbocycles. The van der Waals surface area contributed by atoms with Crippen LogP contribution >= 0.6 is 23.4 Å². The summed E-state index contributed by atoms with van der Waals surface area (Å²) in [6.07, 6.45) is 0. The number of nitrogen functional groups attached to an aromatic ring is 1. The lowest BCUT2D eigenvalue weighted by molar-refractivity contribution is 0.103.